The summed E-state index contributed by atoms with van der Waals surface area (Å²) >= 11 is 0. The van der Waals surface area contributed by atoms with Crippen LogP contribution in [0.5, 0.6) is 0 Å². The van der Waals surface area contributed by atoms with Gasteiger partial charge in [-0.3, -0.25) is 9.78 Å². The van der Waals surface area contributed by atoms with Crippen molar-refractivity contribution in [2.75, 3.05) is 23.8 Å². The van der Waals surface area contributed by atoms with Crippen molar-refractivity contribution < 1.29 is 14.7 Å². The summed E-state index contributed by atoms with van der Waals surface area (Å²) in [5.41, 5.74) is 3.73. The second kappa shape index (κ2) is 10.7. The van der Waals surface area contributed by atoms with Gasteiger partial charge in [0.15, 0.2) is 0 Å². The van der Waals surface area contributed by atoms with Gasteiger partial charge in [0.2, 0.25) is 5.91 Å². The van der Waals surface area contributed by atoms with Crippen LogP contribution in [0.4, 0.5) is 11.4 Å². The molecule has 6 heteroatoms. The zero-order valence-corrected chi connectivity index (χ0v) is 19.7. The lowest BCUT2D eigenvalue weighted by Crippen LogP contribution is -2.21. The molecule has 0 spiro atoms. The molecule has 0 saturated heterocycles. The number of fused-ring (bicyclic) bond motifs is 1. The number of pyridine rings is 1. The Bertz CT molecular complexity index is 1400. The third-order valence-corrected chi connectivity index (χ3v) is 5.91. The van der Waals surface area contributed by atoms with Gasteiger partial charge < -0.3 is 15.3 Å². The molecule has 4 rings (SSSR count). The van der Waals surface area contributed by atoms with E-state index in [1.165, 1.54) is 6.08 Å². The van der Waals surface area contributed by atoms with Crippen molar-refractivity contribution in [1.29, 1.82) is 0 Å². The first-order valence-electron chi connectivity index (χ1n) is 11.4. The highest BCUT2D eigenvalue weighted by Gasteiger charge is 2.15. The van der Waals surface area contributed by atoms with E-state index in [1.807, 2.05) is 79.5 Å². The van der Waals surface area contributed by atoms with Gasteiger partial charge in [0, 0.05) is 43.7 Å². The summed E-state index contributed by atoms with van der Waals surface area (Å²) in [5.74, 6) is -1.48. The van der Waals surface area contributed by atoms with Crippen LogP contribution in [0, 0.1) is 0 Å². The lowest BCUT2D eigenvalue weighted by atomic mass is 10.0. The van der Waals surface area contributed by atoms with E-state index in [2.05, 4.69) is 10.3 Å². The highest BCUT2D eigenvalue weighted by Crippen LogP contribution is 2.25. The Morgan fingerprint density at radius 2 is 1.74 bits per heavy atom. The Balaban J connectivity index is 1.48. The lowest BCUT2D eigenvalue weighted by Gasteiger charge is -2.20. The van der Waals surface area contributed by atoms with E-state index in [0.29, 0.717) is 6.54 Å². The van der Waals surface area contributed by atoms with Crippen molar-refractivity contribution in [3.05, 3.63) is 108 Å². The van der Waals surface area contributed by atoms with Gasteiger partial charge >= 0.3 is 5.97 Å². The molecule has 3 aromatic carbocycles. The number of hydrogen-bond acceptors (Lipinski definition) is 4. The highest BCUT2D eigenvalue weighted by molar-refractivity contribution is 6.07. The molecule has 35 heavy (non-hydrogen) atoms. The first-order valence-corrected chi connectivity index (χ1v) is 11.4. The predicted molar refractivity (Wildman–Crippen MR) is 141 cm³/mol. The van der Waals surface area contributed by atoms with Crippen LogP contribution in [-0.4, -0.2) is 35.6 Å². The van der Waals surface area contributed by atoms with Crippen LogP contribution in [0.1, 0.15) is 28.5 Å². The third kappa shape index (κ3) is 5.92. The minimum atomic E-state index is -1.10. The van der Waals surface area contributed by atoms with Gasteiger partial charge in [0.25, 0.3) is 0 Å². The van der Waals surface area contributed by atoms with E-state index >= 15 is 0 Å². The standard InChI is InChI=1S/C29H27N3O3/c1-20(22-11-10-21-7-3-4-8-23(21)18-22)17-28(33)31-27-13-12-25(19-26(27)29(34)35)32(2)16-14-24-9-5-6-15-30-24/h3-13,15,17-19H,14,16H2,1-2H3,(H,31,33)(H,34,35). The van der Waals surface area contributed by atoms with Gasteiger partial charge in [-0.05, 0) is 65.2 Å². The fourth-order valence-electron chi connectivity index (χ4n) is 3.90. The largest absolute Gasteiger partial charge is 0.478 e. The number of carboxylic acids is 1. The Hall–Kier alpha value is -4.45. The Labute approximate surface area is 204 Å². The number of anilines is 2. The van der Waals surface area contributed by atoms with Crippen molar-refractivity contribution in [1.82, 2.24) is 4.98 Å². The average molecular weight is 466 g/mol. The molecule has 4 aromatic rings. The Morgan fingerprint density at radius 3 is 2.49 bits per heavy atom. The smallest absolute Gasteiger partial charge is 0.337 e. The first-order chi connectivity index (χ1) is 16.9. The summed E-state index contributed by atoms with van der Waals surface area (Å²) in [6.07, 6.45) is 3.98. The summed E-state index contributed by atoms with van der Waals surface area (Å²) in [6.45, 7) is 2.54. The topological polar surface area (TPSA) is 82.5 Å². The molecule has 0 atom stereocenters. The number of carbonyl (C=O) groups is 2. The molecule has 0 unspecified atom stereocenters. The summed E-state index contributed by atoms with van der Waals surface area (Å²) in [7, 11) is 1.90. The third-order valence-electron chi connectivity index (χ3n) is 5.91. The van der Waals surface area contributed by atoms with Crippen molar-refractivity contribution in [2.45, 2.75) is 13.3 Å². The number of nitrogens with zero attached hydrogens (tertiary/aromatic N) is 2. The quantitative estimate of drug-likeness (QED) is 0.329. The molecule has 0 radical (unpaired) electrons. The molecule has 1 amide bonds. The van der Waals surface area contributed by atoms with Crippen LogP contribution in [0.25, 0.3) is 16.3 Å². The van der Waals surface area contributed by atoms with Crippen LogP contribution >= 0.6 is 0 Å². The molecule has 6 nitrogen and oxygen atoms in total. The van der Waals surface area contributed by atoms with Crippen LogP contribution in [0.3, 0.4) is 0 Å². The first kappa shape index (κ1) is 23.7. The van der Waals surface area contributed by atoms with Crippen LogP contribution in [0.2, 0.25) is 0 Å². The van der Waals surface area contributed by atoms with Gasteiger partial charge in [-0.2, -0.15) is 0 Å². The number of carbonyl (C=O) groups excluding carboxylic acids is 1. The fourth-order valence-corrected chi connectivity index (χ4v) is 3.90. The number of allylic oxidation sites excluding steroid dienone is 1. The molecule has 1 heterocycles. The van der Waals surface area contributed by atoms with E-state index in [-0.39, 0.29) is 17.2 Å². The number of benzene rings is 3. The number of rotatable bonds is 8. The van der Waals surface area contributed by atoms with E-state index in [0.717, 1.165) is 39.7 Å². The van der Waals surface area contributed by atoms with Crippen molar-refractivity contribution in [2.24, 2.45) is 0 Å². The van der Waals surface area contributed by atoms with Gasteiger partial charge in [0.1, 0.15) is 0 Å². The molecular weight excluding hydrogens is 438 g/mol. The van der Waals surface area contributed by atoms with Gasteiger partial charge in [-0.1, -0.05) is 42.5 Å². The van der Waals surface area contributed by atoms with E-state index in [9.17, 15) is 14.7 Å². The van der Waals surface area contributed by atoms with Crippen molar-refractivity contribution >= 4 is 39.6 Å². The van der Waals surface area contributed by atoms with E-state index in [1.54, 1.807) is 24.4 Å². The van der Waals surface area contributed by atoms with E-state index < -0.39 is 5.97 Å². The number of nitrogens with one attached hydrogen (secondary N) is 1. The van der Waals surface area contributed by atoms with Crippen molar-refractivity contribution in [3.63, 3.8) is 0 Å². The Kier molecular flexibility index (Phi) is 7.21. The predicted octanol–water partition coefficient (Wildman–Crippen LogP) is 5.65. The number of amides is 1. The second-order valence-corrected chi connectivity index (χ2v) is 8.41. The van der Waals surface area contributed by atoms with Crippen molar-refractivity contribution in [3.8, 4) is 0 Å². The summed E-state index contributed by atoms with van der Waals surface area (Å²) in [5, 5.41) is 14.7. The van der Waals surface area contributed by atoms with Crippen LogP contribution in [-0.2, 0) is 11.2 Å². The lowest BCUT2D eigenvalue weighted by molar-refractivity contribution is -0.111. The van der Waals surface area contributed by atoms with E-state index in [4.69, 9.17) is 0 Å². The maximum atomic E-state index is 12.7. The number of aromatic nitrogens is 1. The number of hydrogen-bond donors (Lipinski definition) is 2. The molecule has 2 N–H and O–H groups in total. The summed E-state index contributed by atoms with van der Waals surface area (Å²) in [6, 6.07) is 24.9. The molecule has 0 aliphatic carbocycles. The van der Waals surface area contributed by atoms with Crippen LogP contribution in [0.15, 0.2) is 91.1 Å². The molecule has 0 fully saturated rings. The molecule has 1 aromatic heterocycles. The number of carboxylic acid groups (broad SMARTS) is 1. The number of likely N-dealkylation sites (N-methyl/N-ethyl adjacent to an activating group) is 1. The highest BCUT2D eigenvalue weighted by atomic mass is 16.4. The zero-order valence-electron chi connectivity index (χ0n) is 19.7. The summed E-state index contributed by atoms with van der Waals surface area (Å²) in [4.78, 5) is 30.9. The van der Waals surface area contributed by atoms with Gasteiger partial charge in [-0.25, -0.2) is 4.79 Å². The monoisotopic (exact) mass is 465 g/mol. The zero-order chi connectivity index (χ0) is 24.8. The maximum Gasteiger partial charge on any atom is 0.337 e. The molecule has 0 bridgehead atoms. The summed E-state index contributed by atoms with van der Waals surface area (Å²) < 4.78 is 0. The van der Waals surface area contributed by atoms with Crippen LogP contribution < -0.4 is 10.2 Å². The Morgan fingerprint density at radius 1 is 0.971 bits per heavy atom. The molecule has 0 aliphatic heterocycles. The normalized spacial score (nSPS) is 11.3. The minimum Gasteiger partial charge on any atom is -0.478 e. The second-order valence-electron chi connectivity index (χ2n) is 8.41. The average Bonchev–Trinajstić information content (AvgIpc) is 2.87. The van der Waals surface area contributed by atoms with Gasteiger partial charge in [0.05, 0.1) is 11.3 Å². The molecule has 176 valence electrons. The fraction of sp³-hybridized carbons (Fsp3) is 0.138. The minimum absolute atomic E-state index is 0.0392. The number of aromatic carboxylic acids is 1. The van der Waals surface area contributed by atoms with Gasteiger partial charge in [-0.15, -0.1) is 0 Å². The molecule has 0 saturated carbocycles. The molecular formula is C29H27N3O3. The maximum absolute atomic E-state index is 12.7. The molecule has 0 aliphatic rings. The SMILES string of the molecule is CC(=CC(=O)Nc1ccc(N(C)CCc2ccccn2)cc1C(=O)O)c1ccc2ccccc2c1.